The number of hydrogen-bond acceptors (Lipinski definition) is 3. The zero-order valence-electron chi connectivity index (χ0n) is 13.7. The maximum absolute atomic E-state index is 8.73. The van der Waals surface area contributed by atoms with Gasteiger partial charge in [0.25, 0.3) is 0 Å². The Morgan fingerprint density at radius 3 is 2.43 bits per heavy atom. The smallest absolute Gasteiger partial charge is 0.144 e. The highest BCUT2D eigenvalue weighted by Gasteiger charge is 2.22. The van der Waals surface area contributed by atoms with Crippen molar-refractivity contribution in [3.8, 4) is 0 Å². The van der Waals surface area contributed by atoms with Crippen molar-refractivity contribution < 1.29 is 5.21 Å². The monoisotopic (exact) mass is 291 g/mol. The lowest BCUT2D eigenvalue weighted by Crippen LogP contribution is -2.32. The molecule has 118 valence electrons. The second kappa shape index (κ2) is 8.03. The van der Waals surface area contributed by atoms with E-state index in [2.05, 4.69) is 48.6 Å². The molecule has 0 aliphatic rings. The summed E-state index contributed by atoms with van der Waals surface area (Å²) < 4.78 is 0. The van der Waals surface area contributed by atoms with Crippen LogP contribution in [0.25, 0.3) is 0 Å². The molecule has 1 aromatic carbocycles. The highest BCUT2D eigenvalue weighted by Crippen LogP contribution is 2.22. The molecule has 0 aliphatic heterocycles. The Balaban J connectivity index is 2.28. The van der Waals surface area contributed by atoms with E-state index in [0.717, 1.165) is 25.9 Å². The van der Waals surface area contributed by atoms with Crippen LogP contribution >= 0.6 is 0 Å². The number of benzene rings is 1. The minimum absolute atomic E-state index is 0.255. The van der Waals surface area contributed by atoms with Gasteiger partial charge in [-0.05, 0) is 36.4 Å². The van der Waals surface area contributed by atoms with Crippen molar-refractivity contribution in [3.05, 3.63) is 35.4 Å². The average Bonchev–Trinajstić information content (AvgIpc) is 2.46. The lowest BCUT2D eigenvalue weighted by molar-refractivity contribution is 0.304. The first-order valence-electron chi connectivity index (χ1n) is 7.64. The van der Waals surface area contributed by atoms with Crippen molar-refractivity contribution in [1.82, 2.24) is 5.32 Å². The number of hydrogen-bond donors (Lipinski definition) is 3. The van der Waals surface area contributed by atoms with Gasteiger partial charge < -0.3 is 16.3 Å². The van der Waals surface area contributed by atoms with Crippen molar-refractivity contribution in [2.75, 3.05) is 6.54 Å². The molecule has 0 bridgehead atoms. The first kappa shape index (κ1) is 17.5. The first-order valence-corrected chi connectivity index (χ1v) is 7.64. The van der Waals surface area contributed by atoms with Crippen LogP contribution in [0.4, 0.5) is 0 Å². The van der Waals surface area contributed by atoms with Gasteiger partial charge in [-0.25, -0.2) is 0 Å². The van der Waals surface area contributed by atoms with Gasteiger partial charge in [-0.2, -0.15) is 0 Å². The maximum Gasteiger partial charge on any atom is 0.144 e. The number of oxime groups is 1. The Morgan fingerprint density at radius 1 is 1.29 bits per heavy atom. The molecule has 4 nitrogen and oxygen atoms in total. The molecular formula is C17H29N3O. The van der Waals surface area contributed by atoms with Gasteiger partial charge >= 0.3 is 0 Å². The Morgan fingerprint density at radius 2 is 1.90 bits per heavy atom. The molecule has 0 heterocycles. The second-order valence-electron chi connectivity index (χ2n) is 6.55. The van der Waals surface area contributed by atoms with E-state index < -0.39 is 0 Å². The fourth-order valence-corrected chi connectivity index (χ4v) is 2.17. The van der Waals surface area contributed by atoms with Crippen molar-refractivity contribution in [2.45, 2.75) is 53.0 Å². The molecule has 0 amide bonds. The van der Waals surface area contributed by atoms with Crippen LogP contribution in [0.3, 0.4) is 0 Å². The fraction of sp³-hybridized carbons (Fsp3) is 0.588. The summed E-state index contributed by atoms with van der Waals surface area (Å²) in [5.74, 6) is 0.875. The zero-order chi connectivity index (χ0) is 15.9. The Bertz CT molecular complexity index is 450. The lowest BCUT2D eigenvalue weighted by Gasteiger charge is -2.22. The van der Waals surface area contributed by atoms with E-state index in [1.54, 1.807) is 0 Å². The molecule has 1 aromatic rings. The van der Waals surface area contributed by atoms with Gasteiger partial charge in [0, 0.05) is 12.0 Å². The summed E-state index contributed by atoms with van der Waals surface area (Å²) in [5.41, 5.74) is 8.10. The van der Waals surface area contributed by atoms with Crippen LogP contribution in [-0.2, 0) is 6.54 Å². The van der Waals surface area contributed by atoms with E-state index >= 15 is 0 Å². The van der Waals surface area contributed by atoms with E-state index in [1.165, 1.54) is 11.1 Å². The molecule has 0 aromatic heterocycles. The largest absolute Gasteiger partial charge is 0.409 e. The number of amidine groups is 1. The maximum atomic E-state index is 8.73. The molecule has 0 fully saturated rings. The van der Waals surface area contributed by atoms with Crippen LogP contribution in [0.2, 0.25) is 0 Å². The van der Waals surface area contributed by atoms with E-state index in [9.17, 15) is 0 Å². The lowest BCUT2D eigenvalue weighted by atomic mass is 9.86. The summed E-state index contributed by atoms with van der Waals surface area (Å²) >= 11 is 0. The van der Waals surface area contributed by atoms with Crippen LogP contribution in [0, 0.1) is 5.41 Å². The van der Waals surface area contributed by atoms with Crippen LogP contribution < -0.4 is 11.1 Å². The van der Waals surface area contributed by atoms with Crippen LogP contribution in [0.5, 0.6) is 0 Å². The fourth-order valence-electron chi connectivity index (χ4n) is 2.17. The highest BCUT2D eigenvalue weighted by atomic mass is 16.4. The third-order valence-corrected chi connectivity index (χ3v) is 3.93. The highest BCUT2D eigenvalue weighted by molar-refractivity contribution is 5.85. The molecule has 21 heavy (non-hydrogen) atoms. The average molecular weight is 291 g/mol. The number of nitrogens with zero attached hydrogens (tertiary/aromatic N) is 1. The number of nitrogens with one attached hydrogen (secondary N) is 1. The van der Waals surface area contributed by atoms with Gasteiger partial charge in [0.15, 0.2) is 0 Å². The molecule has 0 saturated carbocycles. The van der Waals surface area contributed by atoms with E-state index in [1.807, 2.05) is 13.8 Å². The molecule has 0 atom stereocenters. The molecule has 4 N–H and O–H groups in total. The molecule has 0 unspecified atom stereocenters. The van der Waals surface area contributed by atoms with Crippen molar-refractivity contribution in [2.24, 2.45) is 16.3 Å². The van der Waals surface area contributed by atoms with Gasteiger partial charge in [-0.1, -0.05) is 57.1 Å². The van der Waals surface area contributed by atoms with Gasteiger partial charge in [0.2, 0.25) is 0 Å². The Labute approximate surface area is 128 Å². The third kappa shape index (κ3) is 5.76. The summed E-state index contributed by atoms with van der Waals surface area (Å²) in [4.78, 5) is 0. The molecule has 0 aliphatic carbocycles. The normalized spacial score (nSPS) is 12.9. The standard InChI is InChI=1S/C17H29N3O/c1-13(2)15-8-6-14(7-9-15)12-19-11-5-10-17(3,4)16(18)20-21/h6-9,13,19,21H,5,10-12H2,1-4H3,(H2,18,20). The second-order valence-corrected chi connectivity index (χ2v) is 6.55. The summed E-state index contributed by atoms with van der Waals surface area (Å²) in [6.45, 7) is 10.2. The SMILES string of the molecule is CC(C)c1ccc(CNCCCC(C)(C)C(N)=NO)cc1. The Kier molecular flexibility index (Phi) is 6.69. The van der Waals surface area contributed by atoms with Gasteiger partial charge in [-0.3, -0.25) is 0 Å². The Hall–Kier alpha value is -1.55. The minimum atomic E-state index is -0.255. The van der Waals surface area contributed by atoms with Gasteiger partial charge in [0.05, 0.1) is 0 Å². The minimum Gasteiger partial charge on any atom is -0.409 e. The third-order valence-electron chi connectivity index (χ3n) is 3.93. The van der Waals surface area contributed by atoms with E-state index in [4.69, 9.17) is 10.9 Å². The molecule has 0 radical (unpaired) electrons. The van der Waals surface area contributed by atoms with Crippen LogP contribution in [0.15, 0.2) is 29.4 Å². The van der Waals surface area contributed by atoms with Crippen molar-refractivity contribution in [1.29, 1.82) is 0 Å². The molecule has 0 spiro atoms. The molecule has 0 saturated heterocycles. The summed E-state index contributed by atoms with van der Waals surface area (Å²) in [6, 6.07) is 8.76. The van der Waals surface area contributed by atoms with Crippen LogP contribution in [-0.4, -0.2) is 17.6 Å². The first-order chi connectivity index (χ1) is 9.86. The molecule has 4 heteroatoms. The predicted octanol–water partition coefficient (Wildman–Crippen LogP) is 3.45. The summed E-state index contributed by atoms with van der Waals surface area (Å²) in [7, 11) is 0. The van der Waals surface area contributed by atoms with Crippen LogP contribution in [0.1, 0.15) is 57.6 Å². The summed E-state index contributed by atoms with van der Waals surface area (Å²) in [5, 5.41) is 15.3. The van der Waals surface area contributed by atoms with E-state index in [-0.39, 0.29) is 5.41 Å². The van der Waals surface area contributed by atoms with Gasteiger partial charge in [0.1, 0.15) is 5.84 Å². The van der Waals surface area contributed by atoms with E-state index in [0.29, 0.717) is 11.8 Å². The predicted molar refractivity (Wildman–Crippen MR) is 88.7 cm³/mol. The van der Waals surface area contributed by atoms with Gasteiger partial charge in [-0.15, -0.1) is 0 Å². The van der Waals surface area contributed by atoms with Crippen molar-refractivity contribution >= 4 is 5.84 Å². The number of nitrogens with two attached hydrogens (primary N) is 1. The summed E-state index contributed by atoms with van der Waals surface area (Å²) in [6.07, 6.45) is 1.88. The number of rotatable bonds is 8. The quantitative estimate of drug-likeness (QED) is 0.226. The zero-order valence-corrected chi connectivity index (χ0v) is 13.7. The molecule has 1 rings (SSSR count). The molecular weight excluding hydrogens is 262 g/mol. The topological polar surface area (TPSA) is 70.6 Å². The van der Waals surface area contributed by atoms with Crippen molar-refractivity contribution in [3.63, 3.8) is 0 Å².